The van der Waals surface area contributed by atoms with Crippen molar-refractivity contribution >= 4 is 34.2 Å². The van der Waals surface area contributed by atoms with Crippen molar-refractivity contribution in [2.45, 2.75) is 33.7 Å². The van der Waals surface area contributed by atoms with Gasteiger partial charge in [-0.05, 0) is 63.6 Å². The summed E-state index contributed by atoms with van der Waals surface area (Å²) in [4.78, 5) is 38.4. The van der Waals surface area contributed by atoms with Crippen molar-refractivity contribution in [3.8, 4) is 11.4 Å². The van der Waals surface area contributed by atoms with Crippen molar-refractivity contribution in [2.24, 2.45) is 7.05 Å². The number of carboxylic acid groups (broad SMARTS) is 1. The number of anilines is 1. The van der Waals surface area contributed by atoms with Crippen molar-refractivity contribution in [2.75, 3.05) is 5.32 Å². The number of aromatic carboxylic acids is 1. The highest BCUT2D eigenvalue weighted by molar-refractivity contribution is 6.29. The minimum absolute atomic E-state index is 0.0912. The molecule has 4 aromatic rings. The maximum absolute atomic E-state index is 13.3. The van der Waals surface area contributed by atoms with Crippen molar-refractivity contribution in [3.63, 3.8) is 0 Å². The van der Waals surface area contributed by atoms with Crippen LogP contribution in [0.3, 0.4) is 0 Å². The third-order valence-electron chi connectivity index (χ3n) is 5.72. The number of benzene rings is 1. The second-order valence-electron chi connectivity index (χ2n) is 8.34. The highest BCUT2D eigenvalue weighted by atomic mass is 35.5. The molecule has 34 heavy (non-hydrogen) atoms. The molecule has 0 aliphatic rings. The number of rotatable bonds is 5. The lowest BCUT2D eigenvalue weighted by Crippen LogP contribution is -2.22. The predicted molar refractivity (Wildman–Crippen MR) is 133 cm³/mol. The van der Waals surface area contributed by atoms with Gasteiger partial charge in [-0.1, -0.05) is 17.7 Å². The number of pyridine rings is 2. The molecule has 3 aromatic heterocycles. The molecule has 0 saturated carbocycles. The SMILES string of the molecule is Cc1cc([C@@H](C)Nc2ccc(Cl)nc2C(=O)O)c2nc(-c3ccc(C)nc3C)n(C)c(=O)c2c1. The Labute approximate surface area is 201 Å². The van der Waals surface area contributed by atoms with Gasteiger partial charge in [-0.3, -0.25) is 14.3 Å². The average molecular weight is 478 g/mol. The third kappa shape index (κ3) is 4.24. The molecule has 0 fully saturated rings. The zero-order valence-electron chi connectivity index (χ0n) is 19.5. The first-order valence-electron chi connectivity index (χ1n) is 10.7. The Morgan fingerprint density at radius 3 is 2.50 bits per heavy atom. The number of carboxylic acids is 1. The summed E-state index contributed by atoms with van der Waals surface area (Å²) in [7, 11) is 1.70. The molecule has 2 N–H and O–H groups in total. The molecule has 1 atom stereocenters. The van der Waals surface area contributed by atoms with Crippen LogP contribution in [0, 0.1) is 20.8 Å². The summed E-state index contributed by atoms with van der Waals surface area (Å²) in [5.41, 5.74) is 4.60. The maximum atomic E-state index is 13.3. The van der Waals surface area contributed by atoms with Crippen LogP contribution in [-0.2, 0) is 7.05 Å². The van der Waals surface area contributed by atoms with Crippen LogP contribution in [0.15, 0.2) is 41.2 Å². The number of carbonyl (C=O) groups is 1. The molecule has 0 unspecified atom stereocenters. The Hall–Kier alpha value is -3.78. The van der Waals surface area contributed by atoms with Crippen LogP contribution in [0.25, 0.3) is 22.3 Å². The molecular weight excluding hydrogens is 454 g/mol. The van der Waals surface area contributed by atoms with Gasteiger partial charge in [0.15, 0.2) is 5.69 Å². The van der Waals surface area contributed by atoms with Gasteiger partial charge in [-0.15, -0.1) is 0 Å². The number of aryl methyl sites for hydroxylation is 3. The lowest BCUT2D eigenvalue weighted by Gasteiger charge is -2.20. The van der Waals surface area contributed by atoms with Crippen molar-refractivity contribution in [3.05, 3.63) is 80.1 Å². The smallest absolute Gasteiger partial charge is 0.356 e. The van der Waals surface area contributed by atoms with E-state index in [1.54, 1.807) is 13.1 Å². The molecule has 0 saturated heterocycles. The Balaban J connectivity index is 1.91. The number of hydrogen-bond donors (Lipinski definition) is 2. The molecule has 3 heterocycles. The van der Waals surface area contributed by atoms with E-state index in [1.165, 1.54) is 10.6 Å². The molecule has 0 amide bonds. The predicted octanol–water partition coefficient (Wildman–Crippen LogP) is 4.84. The van der Waals surface area contributed by atoms with Crippen LogP contribution in [0.4, 0.5) is 5.69 Å². The van der Waals surface area contributed by atoms with E-state index < -0.39 is 5.97 Å². The van der Waals surface area contributed by atoms with Crippen LogP contribution in [0.1, 0.15) is 46.0 Å². The van der Waals surface area contributed by atoms with Crippen LogP contribution in [0.5, 0.6) is 0 Å². The molecule has 0 spiro atoms. The highest BCUT2D eigenvalue weighted by Gasteiger charge is 2.20. The Morgan fingerprint density at radius 1 is 1.09 bits per heavy atom. The number of nitrogens with zero attached hydrogens (tertiary/aromatic N) is 4. The fraction of sp³-hybridized carbons (Fsp3) is 0.240. The molecule has 4 rings (SSSR count). The second-order valence-corrected chi connectivity index (χ2v) is 8.72. The number of halogens is 1. The monoisotopic (exact) mass is 477 g/mol. The standard InChI is InChI=1S/C25H24ClN5O3/c1-12-10-17(15(4)28-19-8-9-20(26)29-22(19)25(33)34)21-18(11-12)24(32)31(5)23(30-21)16-7-6-13(2)27-14(16)3/h6-11,15,28H,1-5H3,(H,33,34)/t15-/m1/s1. The van der Waals surface area contributed by atoms with Gasteiger partial charge in [0.25, 0.3) is 5.56 Å². The van der Waals surface area contributed by atoms with E-state index in [4.69, 9.17) is 16.6 Å². The summed E-state index contributed by atoms with van der Waals surface area (Å²) in [5, 5.41) is 13.3. The molecule has 1 aromatic carbocycles. The molecular formula is C25H24ClN5O3. The number of aromatic nitrogens is 4. The van der Waals surface area contributed by atoms with Crippen molar-refractivity contribution in [1.82, 2.24) is 19.5 Å². The van der Waals surface area contributed by atoms with Crippen molar-refractivity contribution < 1.29 is 9.90 Å². The minimum atomic E-state index is -1.19. The fourth-order valence-corrected chi connectivity index (χ4v) is 4.22. The second kappa shape index (κ2) is 8.87. The Kier molecular flexibility index (Phi) is 6.10. The van der Waals surface area contributed by atoms with Gasteiger partial charge in [-0.25, -0.2) is 14.8 Å². The summed E-state index contributed by atoms with van der Waals surface area (Å²) in [6, 6.07) is 10.3. The van der Waals surface area contributed by atoms with E-state index in [-0.39, 0.29) is 22.4 Å². The van der Waals surface area contributed by atoms with Gasteiger partial charge in [-0.2, -0.15) is 0 Å². The molecule has 0 bridgehead atoms. The number of fused-ring (bicyclic) bond motifs is 1. The van der Waals surface area contributed by atoms with Gasteiger partial charge >= 0.3 is 5.97 Å². The Bertz CT molecular complexity index is 1510. The van der Waals surface area contributed by atoms with Gasteiger partial charge in [0, 0.05) is 29.6 Å². The Morgan fingerprint density at radius 2 is 1.82 bits per heavy atom. The van der Waals surface area contributed by atoms with E-state index in [0.29, 0.717) is 22.4 Å². The number of hydrogen-bond acceptors (Lipinski definition) is 6. The van der Waals surface area contributed by atoms with E-state index >= 15 is 0 Å². The summed E-state index contributed by atoms with van der Waals surface area (Å²) in [5.74, 6) is -0.679. The number of nitrogens with one attached hydrogen (secondary N) is 1. The first kappa shape index (κ1) is 23.4. The zero-order valence-corrected chi connectivity index (χ0v) is 20.2. The van der Waals surface area contributed by atoms with Crippen LogP contribution >= 0.6 is 11.6 Å². The van der Waals surface area contributed by atoms with Gasteiger partial charge in [0.1, 0.15) is 11.0 Å². The van der Waals surface area contributed by atoms with E-state index in [2.05, 4.69) is 15.3 Å². The average Bonchev–Trinajstić information content (AvgIpc) is 2.77. The van der Waals surface area contributed by atoms with Crippen molar-refractivity contribution in [1.29, 1.82) is 0 Å². The lowest BCUT2D eigenvalue weighted by molar-refractivity contribution is 0.0691. The molecule has 9 heteroatoms. The van der Waals surface area contributed by atoms with Gasteiger partial charge in [0.05, 0.1) is 22.6 Å². The highest BCUT2D eigenvalue weighted by Crippen LogP contribution is 2.30. The first-order chi connectivity index (χ1) is 16.1. The summed E-state index contributed by atoms with van der Waals surface area (Å²) >= 11 is 5.89. The zero-order chi connectivity index (χ0) is 24.7. The van der Waals surface area contributed by atoms with Gasteiger partial charge < -0.3 is 10.4 Å². The summed E-state index contributed by atoms with van der Waals surface area (Å²) in [6.45, 7) is 7.59. The normalized spacial score (nSPS) is 12.1. The summed E-state index contributed by atoms with van der Waals surface area (Å²) in [6.07, 6.45) is 0. The lowest BCUT2D eigenvalue weighted by atomic mass is 10.0. The maximum Gasteiger partial charge on any atom is 0.356 e. The largest absolute Gasteiger partial charge is 0.476 e. The van der Waals surface area contributed by atoms with Crippen LogP contribution in [0.2, 0.25) is 5.15 Å². The first-order valence-corrected chi connectivity index (χ1v) is 11.1. The fourth-order valence-electron chi connectivity index (χ4n) is 4.07. The van der Waals surface area contributed by atoms with Crippen LogP contribution in [-0.4, -0.2) is 30.6 Å². The van der Waals surface area contributed by atoms with E-state index in [9.17, 15) is 14.7 Å². The molecule has 0 aliphatic carbocycles. The van der Waals surface area contributed by atoms with E-state index in [0.717, 1.165) is 28.1 Å². The third-order valence-corrected chi connectivity index (χ3v) is 5.93. The molecule has 0 aliphatic heterocycles. The van der Waals surface area contributed by atoms with Gasteiger partial charge in [0.2, 0.25) is 0 Å². The summed E-state index contributed by atoms with van der Waals surface area (Å²) < 4.78 is 1.54. The van der Waals surface area contributed by atoms with E-state index in [1.807, 2.05) is 52.0 Å². The molecule has 0 radical (unpaired) electrons. The molecule has 174 valence electrons. The topological polar surface area (TPSA) is 110 Å². The minimum Gasteiger partial charge on any atom is -0.476 e. The van der Waals surface area contributed by atoms with Crippen LogP contribution < -0.4 is 10.9 Å². The quantitative estimate of drug-likeness (QED) is 0.395. The molecule has 8 nitrogen and oxygen atoms in total.